The minimum atomic E-state index is -0.858. The third-order valence-corrected chi connectivity index (χ3v) is 2.25. The molecule has 2 aromatic rings. The van der Waals surface area contributed by atoms with Crippen LogP contribution in [0.3, 0.4) is 0 Å². The maximum atomic E-state index is 13.6. The quantitative estimate of drug-likeness (QED) is 0.662. The lowest BCUT2D eigenvalue weighted by Gasteiger charge is -2.06. The second-order valence-corrected chi connectivity index (χ2v) is 3.38. The predicted octanol–water partition coefficient (Wildman–Crippen LogP) is 1.98. The Kier molecular flexibility index (Phi) is 2.84. The number of nitro groups is 1. The van der Waals surface area contributed by atoms with E-state index in [0.717, 1.165) is 12.1 Å². The summed E-state index contributed by atoms with van der Waals surface area (Å²) >= 11 is 0. The number of methoxy groups -OCH3 is 1. The van der Waals surface area contributed by atoms with Gasteiger partial charge in [0.15, 0.2) is 11.6 Å². The van der Waals surface area contributed by atoms with E-state index in [-0.39, 0.29) is 22.9 Å². The first-order valence-corrected chi connectivity index (χ1v) is 4.77. The third kappa shape index (κ3) is 1.95. The van der Waals surface area contributed by atoms with E-state index >= 15 is 0 Å². The molecule has 2 N–H and O–H groups in total. The highest BCUT2D eigenvalue weighted by Crippen LogP contribution is 2.35. The molecule has 94 valence electrons. The molecule has 0 saturated heterocycles. The molecule has 7 nitrogen and oxygen atoms in total. The summed E-state index contributed by atoms with van der Waals surface area (Å²) in [6.45, 7) is 0. The van der Waals surface area contributed by atoms with Crippen molar-refractivity contribution in [3.8, 4) is 17.0 Å². The fourth-order valence-corrected chi connectivity index (χ4v) is 1.50. The van der Waals surface area contributed by atoms with E-state index in [1.165, 1.54) is 13.2 Å². The van der Waals surface area contributed by atoms with Crippen LogP contribution in [0.1, 0.15) is 0 Å². The van der Waals surface area contributed by atoms with Gasteiger partial charge in [-0.25, -0.2) is 4.39 Å². The molecule has 0 spiro atoms. The molecule has 0 radical (unpaired) electrons. The number of aromatic nitrogens is 1. The smallest absolute Gasteiger partial charge is 0.273 e. The number of hydrogen-bond acceptors (Lipinski definition) is 6. The lowest BCUT2D eigenvalue weighted by molar-refractivity contribution is -0.385. The van der Waals surface area contributed by atoms with Crippen molar-refractivity contribution in [2.45, 2.75) is 0 Å². The topological polar surface area (TPSA) is 104 Å². The van der Waals surface area contributed by atoms with E-state index < -0.39 is 16.4 Å². The predicted molar refractivity (Wildman–Crippen MR) is 59.5 cm³/mol. The highest BCUT2D eigenvalue weighted by Gasteiger charge is 2.20. The van der Waals surface area contributed by atoms with Crippen LogP contribution < -0.4 is 10.5 Å². The first kappa shape index (κ1) is 11.8. The Morgan fingerprint density at radius 2 is 2.22 bits per heavy atom. The van der Waals surface area contributed by atoms with E-state index in [4.69, 9.17) is 10.5 Å². The minimum Gasteiger partial charge on any atom is -0.493 e. The molecule has 0 fully saturated rings. The number of halogens is 1. The van der Waals surface area contributed by atoms with Gasteiger partial charge in [0.05, 0.1) is 23.7 Å². The van der Waals surface area contributed by atoms with Crippen LogP contribution in [0.2, 0.25) is 0 Å². The maximum absolute atomic E-state index is 13.6. The van der Waals surface area contributed by atoms with Gasteiger partial charge in [0, 0.05) is 12.1 Å². The Morgan fingerprint density at radius 3 is 2.72 bits per heavy atom. The van der Waals surface area contributed by atoms with Crippen molar-refractivity contribution in [1.29, 1.82) is 0 Å². The fourth-order valence-electron chi connectivity index (χ4n) is 1.50. The molecule has 1 heterocycles. The van der Waals surface area contributed by atoms with Gasteiger partial charge in [-0.15, -0.1) is 0 Å². The van der Waals surface area contributed by atoms with Gasteiger partial charge in [-0.3, -0.25) is 10.1 Å². The van der Waals surface area contributed by atoms with Crippen LogP contribution in [0.25, 0.3) is 11.3 Å². The molecule has 0 aliphatic heterocycles. The first-order chi connectivity index (χ1) is 8.52. The number of nitrogens with zero attached hydrogens (tertiary/aromatic N) is 2. The summed E-state index contributed by atoms with van der Waals surface area (Å²) in [6, 6.07) is 3.23. The van der Waals surface area contributed by atoms with Gasteiger partial charge in [-0.05, 0) is 0 Å². The van der Waals surface area contributed by atoms with Gasteiger partial charge < -0.3 is 15.0 Å². The summed E-state index contributed by atoms with van der Waals surface area (Å²) in [5.41, 5.74) is 5.19. The first-order valence-electron chi connectivity index (χ1n) is 4.77. The number of nitro benzene ring substituents is 1. The molecule has 0 saturated carbocycles. The normalized spacial score (nSPS) is 10.3. The van der Waals surface area contributed by atoms with E-state index in [2.05, 4.69) is 9.68 Å². The number of nitrogens with two attached hydrogens (primary N) is 1. The van der Waals surface area contributed by atoms with Crippen molar-refractivity contribution < 1.29 is 18.6 Å². The Labute approximate surface area is 100 Å². The summed E-state index contributed by atoms with van der Waals surface area (Å²) in [7, 11) is 1.25. The lowest BCUT2D eigenvalue weighted by atomic mass is 10.1. The number of rotatable bonds is 3. The standard InChI is InChI=1S/C10H8FN3O4/c1-17-10-6(8-4-9(12)18-13-8)2-5(14(15)16)3-7(10)11/h2-4H,12H2,1H3. The molecule has 0 atom stereocenters. The Hall–Kier alpha value is -2.64. The molecule has 2 rings (SSSR count). The zero-order valence-electron chi connectivity index (χ0n) is 9.21. The van der Waals surface area contributed by atoms with Gasteiger partial charge in [-0.1, -0.05) is 5.16 Å². The van der Waals surface area contributed by atoms with Crippen molar-refractivity contribution in [3.63, 3.8) is 0 Å². The summed E-state index contributed by atoms with van der Waals surface area (Å²) in [5.74, 6) is -1.00. The van der Waals surface area contributed by atoms with Gasteiger partial charge in [0.1, 0.15) is 5.69 Å². The number of anilines is 1. The summed E-state index contributed by atoms with van der Waals surface area (Å²) in [6.07, 6.45) is 0. The monoisotopic (exact) mass is 253 g/mol. The highest BCUT2D eigenvalue weighted by molar-refractivity contribution is 5.71. The SMILES string of the molecule is COc1c(F)cc([N+](=O)[O-])cc1-c1cc(N)on1. The molecule has 0 aliphatic carbocycles. The van der Waals surface area contributed by atoms with E-state index in [9.17, 15) is 14.5 Å². The summed E-state index contributed by atoms with van der Waals surface area (Å²) < 4.78 is 23.1. The van der Waals surface area contributed by atoms with Crippen molar-refractivity contribution in [2.24, 2.45) is 0 Å². The maximum Gasteiger partial charge on any atom is 0.273 e. The Bertz CT molecular complexity index is 611. The molecule has 1 aromatic carbocycles. The molecular formula is C10H8FN3O4. The van der Waals surface area contributed by atoms with Gasteiger partial charge in [0.2, 0.25) is 5.88 Å². The van der Waals surface area contributed by atoms with Crippen LogP contribution in [0.5, 0.6) is 5.75 Å². The second-order valence-electron chi connectivity index (χ2n) is 3.38. The van der Waals surface area contributed by atoms with Crippen LogP contribution >= 0.6 is 0 Å². The van der Waals surface area contributed by atoms with E-state index in [0.29, 0.717) is 0 Å². The molecule has 0 bridgehead atoms. The zero-order chi connectivity index (χ0) is 13.3. The Morgan fingerprint density at radius 1 is 1.50 bits per heavy atom. The van der Waals surface area contributed by atoms with Crippen LogP contribution in [-0.2, 0) is 0 Å². The molecule has 1 aromatic heterocycles. The molecule has 8 heteroatoms. The summed E-state index contributed by atoms with van der Waals surface area (Å²) in [5, 5.41) is 14.2. The molecule has 0 amide bonds. The minimum absolute atomic E-state index is 0.0129. The molecule has 18 heavy (non-hydrogen) atoms. The molecular weight excluding hydrogens is 245 g/mol. The number of hydrogen-bond donors (Lipinski definition) is 1. The molecule has 0 aliphatic rings. The van der Waals surface area contributed by atoms with Crippen LogP contribution in [0, 0.1) is 15.9 Å². The Balaban J connectivity index is 2.66. The number of ether oxygens (including phenoxy) is 1. The van der Waals surface area contributed by atoms with Crippen molar-refractivity contribution >= 4 is 11.6 Å². The highest BCUT2D eigenvalue weighted by atomic mass is 19.1. The van der Waals surface area contributed by atoms with Gasteiger partial charge >= 0.3 is 0 Å². The average molecular weight is 253 g/mol. The van der Waals surface area contributed by atoms with E-state index in [1.807, 2.05) is 0 Å². The number of non-ortho nitro benzene ring substituents is 1. The number of nitrogen functional groups attached to an aromatic ring is 1. The lowest BCUT2D eigenvalue weighted by Crippen LogP contribution is -1.96. The zero-order valence-corrected chi connectivity index (χ0v) is 9.21. The fraction of sp³-hybridized carbons (Fsp3) is 0.100. The largest absolute Gasteiger partial charge is 0.493 e. The van der Waals surface area contributed by atoms with Crippen LogP contribution in [-0.4, -0.2) is 17.2 Å². The van der Waals surface area contributed by atoms with Gasteiger partial charge in [0.25, 0.3) is 5.69 Å². The van der Waals surface area contributed by atoms with Crippen molar-refractivity contribution in [1.82, 2.24) is 5.16 Å². The number of benzene rings is 1. The van der Waals surface area contributed by atoms with Gasteiger partial charge in [-0.2, -0.15) is 0 Å². The van der Waals surface area contributed by atoms with Crippen molar-refractivity contribution in [3.05, 3.63) is 34.1 Å². The summed E-state index contributed by atoms with van der Waals surface area (Å²) in [4.78, 5) is 9.96. The second kappa shape index (κ2) is 4.32. The van der Waals surface area contributed by atoms with E-state index in [1.54, 1.807) is 0 Å². The average Bonchev–Trinajstić information content (AvgIpc) is 2.74. The van der Waals surface area contributed by atoms with Crippen molar-refractivity contribution in [2.75, 3.05) is 12.8 Å². The van der Waals surface area contributed by atoms with Crippen LogP contribution in [0.4, 0.5) is 16.0 Å². The van der Waals surface area contributed by atoms with Crippen LogP contribution in [0.15, 0.2) is 22.7 Å². The third-order valence-electron chi connectivity index (χ3n) is 2.25. The molecule has 0 unspecified atom stereocenters.